The number of amides is 1. The largest absolute Gasteiger partial charge is 0.464 e. The molecule has 6 nitrogen and oxygen atoms in total. The first kappa shape index (κ1) is 22.0. The lowest BCUT2D eigenvalue weighted by atomic mass is 9.99. The second-order valence-corrected chi connectivity index (χ2v) is 7.04. The molecule has 1 aromatic rings. The van der Waals surface area contributed by atoms with Gasteiger partial charge < -0.3 is 14.8 Å². The van der Waals surface area contributed by atoms with E-state index < -0.39 is 24.8 Å². The fourth-order valence-electron chi connectivity index (χ4n) is 3.09. The van der Waals surface area contributed by atoms with Gasteiger partial charge in [0.15, 0.2) is 6.61 Å². The van der Waals surface area contributed by atoms with Crippen LogP contribution in [0.1, 0.15) is 31.7 Å². The minimum Gasteiger partial charge on any atom is -0.464 e. The zero-order valence-corrected chi connectivity index (χ0v) is 15.8. The molecule has 1 atom stereocenters. The van der Waals surface area contributed by atoms with E-state index in [0.29, 0.717) is 0 Å². The molecule has 28 heavy (non-hydrogen) atoms. The number of carbonyl (C=O) groups is 2. The van der Waals surface area contributed by atoms with Crippen LogP contribution < -0.4 is 5.32 Å². The highest BCUT2D eigenvalue weighted by Crippen LogP contribution is 2.31. The van der Waals surface area contributed by atoms with Gasteiger partial charge in [-0.25, -0.2) is 4.79 Å². The lowest BCUT2D eigenvalue weighted by molar-refractivity contribution is -0.160. The van der Waals surface area contributed by atoms with Gasteiger partial charge >= 0.3 is 18.2 Å². The van der Waals surface area contributed by atoms with Crippen LogP contribution >= 0.6 is 0 Å². The summed E-state index contributed by atoms with van der Waals surface area (Å²) < 4.78 is 45.1. The van der Waals surface area contributed by atoms with Gasteiger partial charge in [-0.1, -0.05) is 30.3 Å². The van der Waals surface area contributed by atoms with Crippen molar-refractivity contribution in [3.05, 3.63) is 35.9 Å². The van der Waals surface area contributed by atoms with Crippen molar-refractivity contribution in [1.29, 1.82) is 0 Å². The van der Waals surface area contributed by atoms with Crippen LogP contribution in [0.5, 0.6) is 0 Å². The van der Waals surface area contributed by atoms with Crippen molar-refractivity contribution in [3.8, 4) is 0 Å². The normalized spacial score (nSPS) is 20.0. The Morgan fingerprint density at radius 1 is 1.21 bits per heavy atom. The van der Waals surface area contributed by atoms with Crippen LogP contribution in [0.25, 0.3) is 0 Å². The summed E-state index contributed by atoms with van der Waals surface area (Å²) in [5, 5.41) is 2.09. The van der Waals surface area contributed by atoms with Crippen molar-refractivity contribution in [1.82, 2.24) is 10.2 Å². The minimum atomic E-state index is -4.58. The Balaban J connectivity index is 1.70. The van der Waals surface area contributed by atoms with E-state index in [1.165, 1.54) is 5.56 Å². The number of nitrogens with one attached hydrogen (secondary N) is 1. The highest BCUT2D eigenvalue weighted by molar-refractivity contribution is 5.71. The summed E-state index contributed by atoms with van der Waals surface area (Å²) in [4.78, 5) is 25.3. The SMILES string of the molecule is C[C@@]1(COC(=O)CCNC(=O)OCC(F)(F)F)CCCN1Cc1ccccc1. The van der Waals surface area contributed by atoms with Gasteiger partial charge in [0.05, 0.1) is 12.0 Å². The maximum atomic E-state index is 11.9. The van der Waals surface area contributed by atoms with Crippen LogP contribution in [0.3, 0.4) is 0 Å². The van der Waals surface area contributed by atoms with Crippen molar-refractivity contribution in [2.24, 2.45) is 0 Å². The summed E-state index contributed by atoms with van der Waals surface area (Å²) in [6, 6.07) is 10.0. The van der Waals surface area contributed by atoms with Crippen LogP contribution in [0.4, 0.5) is 18.0 Å². The maximum Gasteiger partial charge on any atom is 0.422 e. The molecule has 0 aliphatic carbocycles. The van der Waals surface area contributed by atoms with E-state index in [1.807, 2.05) is 37.3 Å². The first-order chi connectivity index (χ1) is 13.2. The molecule has 1 amide bonds. The second-order valence-electron chi connectivity index (χ2n) is 7.04. The smallest absolute Gasteiger partial charge is 0.422 e. The molecule has 1 saturated heterocycles. The fourth-order valence-corrected chi connectivity index (χ4v) is 3.09. The maximum absolute atomic E-state index is 11.9. The van der Waals surface area contributed by atoms with Crippen molar-refractivity contribution < 1.29 is 32.2 Å². The molecule has 0 unspecified atom stereocenters. The molecule has 0 aromatic heterocycles. The minimum absolute atomic E-state index is 0.143. The van der Waals surface area contributed by atoms with Gasteiger partial charge in [-0.3, -0.25) is 9.69 Å². The number of halogens is 3. The number of alkyl halides is 3. The van der Waals surface area contributed by atoms with Gasteiger partial charge in [0, 0.05) is 13.1 Å². The average Bonchev–Trinajstić information content (AvgIpc) is 2.99. The molecule has 1 aliphatic rings. The van der Waals surface area contributed by atoms with Crippen LogP contribution in [-0.2, 0) is 20.8 Å². The molecule has 0 bridgehead atoms. The number of likely N-dealkylation sites (tertiary alicyclic amines) is 1. The topological polar surface area (TPSA) is 67.9 Å². The van der Waals surface area contributed by atoms with Crippen molar-refractivity contribution >= 4 is 12.1 Å². The molecular formula is C19H25F3N2O4. The number of hydrogen-bond donors (Lipinski definition) is 1. The summed E-state index contributed by atoms with van der Waals surface area (Å²) in [5.74, 6) is -0.524. The molecule has 9 heteroatoms. The molecule has 0 saturated carbocycles. The summed E-state index contributed by atoms with van der Waals surface area (Å²) in [5.41, 5.74) is 0.911. The first-order valence-corrected chi connectivity index (χ1v) is 9.10. The molecule has 1 aromatic carbocycles. The standard InChI is InChI=1S/C19H25F3N2O4/c1-18(9-5-11-24(18)12-15-6-3-2-4-7-15)13-27-16(25)8-10-23-17(26)28-14-19(20,21)22/h2-4,6-7H,5,8-14H2,1H3,(H,23,26)/t18-/m0/s1. The fraction of sp³-hybridized carbons (Fsp3) is 0.579. The second kappa shape index (κ2) is 9.77. The third-order valence-corrected chi connectivity index (χ3v) is 4.63. The van der Waals surface area contributed by atoms with Crippen molar-refractivity contribution in [2.75, 3.05) is 26.3 Å². The van der Waals surface area contributed by atoms with Crippen LogP contribution in [0.2, 0.25) is 0 Å². The first-order valence-electron chi connectivity index (χ1n) is 9.10. The number of benzene rings is 1. The highest BCUT2D eigenvalue weighted by Gasteiger charge is 2.37. The third kappa shape index (κ3) is 7.38. The van der Waals surface area contributed by atoms with E-state index in [0.717, 1.165) is 25.9 Å². The Bertz CT molecular complexity index is 654. The van der Waals surface area contributed by atoms with E-state index in [2.05, 4.69) is 15.0 Å². The number of nitrogens with zero attached hydrogens (tertiary/aromatic N) is 1. The summed E-state index contributed by atoms with van der Waals surface area (Å²) in [7, 11) is 0. The van der Waals surface area contributed by atoms with E-state index in [4.69, 9.17) is 4.74 Å². The summed E-state index contributed by atoms with van der Waals surface area (Å²) in [6.07, 6.45) is -4.04. The predicted molar refractivity (Wildman–Crippen MR) is 95.5 cm³/mol. The van der Waals surface area contributed by atoms with E-state index >= 15 is 0 Å². The van der Waals surface area contributed by atoms with Gasteiger partial charge in [0.2, 0.25) is 0 Å². The molecule has 156 valence electrons. The molecule has 1 aliphatic heterocycles. The molecule has 0 radical (unpaired) electrons. The average molecular weight is 402 g/mol. The zero-order chi connectivity index (χ0) is 20.6. The third-order valence-electron chi connectivity index (χ3n) is 4.63. The van der Waals surface area contributed by atoms with Gasteiger partial charge in [-0.05, 0) is 31.9 Å². The molecular weight excluding hydrogens is 377 g/mol. The van der Waals surface area contributed by atoms with Gasteiger partial charge in [-0.15, -0.1) is 0 Å². The summed E-state index contributed by atoms with van der Waals surface area (Å²) >= 11 is 0. The lowest BCUT2D eigenvalue weighted by Crippen LogP contribution is -2.45. The number of alkyl carbamates (subject to hydrolysis) is 1. The van der Waals surface area contributed by atoms with E-state index in [9.17, 15) is 22.8 Å². The Morgan fingerprint density at radius 2 is 1.93 bits per heavy atom. The van der Waals surface area contributed by atoms with Gasteiger partial charge in [0.1, 0.15) is 6.61 Å². The number of hydrogen-bond acceptors (Lipinski definition) is 5. The quantitative estimate of drug-likeness (QED) is 0.676. The molecule has 0 spiro atoms. The van der Waals surface area contributed by atoms with Crippen LogP contribution in [0.15, 0.2) is 30.3 Å². The summed E-state index contributed by atoms with van der Waals surface area (Å²) in [6.45, 7) is 2.12. The molecule has 1 fully saturated rings. The Kier molecular flexibility index (Phi) is 7.68. The number of esters is 1. The van der Waals surface area contributed by atoms with Crippen LogP contribution in [0, 0.1) is 0 Å². The van der Waals surface area contributed by atoms with Gasteiger partial charge in [-0.2, -0.15) is 13.2 Å². The molecule has 1 heterocycles. The lowest BCUT2D eigenvalue weighted by Gasteiger charge is -2.34. The Hall–Kier alpha value is -2.29. The zero-order valence-electron chi connectivity index (χ0n) is 15.8. The van der Waals surface area contributed by atoms with E-state index in [-0.39, 0.29) is 25.1 Å². The number of ether oxygens (including phenoxy) is 2. The van der Waals surface area contributed by atoms with E-state index in [1.54, 1.807) is 0 Å². The highest BCUT2D eigenvalue weighted by atomic mass is 19.4. The van der Waals surface area contributed by atoms with Crippen molar-refractivity contribution in [3.63, 3.8) is 0 Å². The molecule has 2 rings (SSSR count). The Morgan fingerprint density at radius 3 is 2.61 bits per heavy atom. The predicted octanol–water partition coefficient (Wildman–Crippen LogP) is 3.26. The number of carbonyl (C=O) groups excluding carboxylic acids is 2. The Labute approximate surface area is 162 Å². The van der Waals surface area contributed by atoms with Gasteiger partial charge in [0.25, 0.3) is 0 Å². The molecule has 1 N–H and O–H groups in total. The monoisotopic (exact) mass is 402 g/mol. The van der Waals surface area contributed by atoms with Crippen LogP contribution in [-0.4, -0.2) is 55.0 Å². The number of rotatable bonds is 8. The van der Waals surface area contributed by atoms with Crippen molar-refractivity contribution in [2.45, 2.75) is 44.4 Å².